The zero-order chi connectivity index (χ0) is 11.6. The first-order valence-electron chi connectivity index (χ1n) is 5.07. The molecule has 1 saturated heterocycles. The highest BCUT2D eigenvalue weighted by Crippen LogP contribution is 2.12. The van der Waals surface area contributed by atoms with Crippen LogP contribution in [0.3, 0.4) is 0 Å². The number of nitrogens with zero attached hydrogens (tertiary/aromatic N) is 1. The van der Waals surface area contributed by atoms with Gasteiger partial charge in [0.15, 0.2) is 9.84 Å². The summed E-state index contributed by atoms with van der Waals surface area (Å²) in [6, 6.07) is 3.35. The van der Waals surface area contributed by atoms with E-state index in [4.69, 9.17) is 0 Å². The Morgan fingerprint density at radius 2 is 2.31 bits per heavy atom. The predicted molar refractivity (Wildman–Crippen MR) is 59.5 cm³/mol. The molecule has 0 aromatic carbocycles. The second kappa shape index (κ2) is 4.48. The van der Waals surface area contributed by atoms with Gasteiger partial charge in [0.2, 0.25) is 0 Å². The van der Waals surface area contributed by atoms with Crippen LogP contribution in [0.25, 0.3) is 0 Å². The molecule has 2 heterocycles. The van der Waals surface area contributed by atoms with Crippen LogP contribution in [0.1, 0.15) is 5.56 Å². The van der Waals surface area contributed by atoms with E-state index in [1.165, 1.54) is 0 Å². The Labute approximate surface area is 94.4 Å². The molecule has 0 radical (unpaired) electrons. The van der Waals surface area contributed by atoms with E-state index >= 15 is 0 Å². The van der Waals surface area contributed by atoms with Crippen molar-refractivity contribution >= 4 is 9.84 Å². The third-order valence-electron chi connectivity index (χ3n) is 2.61. The molecule has 6 heteroatoms. The molecule has 88 valence electrons. The van der Waals surface area contributed by atoms with Crippen molar-refractivity contribution in [3.63, 3.8) is 0 Å². The molecule has 1 aromatic heterocycles. The maximum atomic E-state index is 11.3. The van der Waals surface area contributed by atoms with E-state index in [-0.39, 0.29) is 17.5 Å². The average molecular weight is 242 g/mol. The molecule has 1 aliphatic rings. The predicted octanol–water partition coefficient (Wildman–Crippen LogP) is -0.671. The summed E-state index contributed by atoms with van der Waals surface area (Å²) in [5, 5.41) is 12.6. The number of aromatic nitrogens is 1. The Balaban J connectivity index is 1.92. The largest absolute Gasteiger partial charge is 0.390 e. The zero-order valence-corrected chi connectivity index (χ0v) is 9.52. The lowest BCUT2D eigenvalue weighted by Gasteiger charge is -2.14. The van der Waals surface area contributed by atoms with Gasteiger partial charge in [-0.25, -0.2) is 8.42 Å². The van der Waals surface area contributed by atoms with Gasteiger partial charge in [0.05, 0.1) is 17.6 Å². The first kappa shape index (κ1) is 11.5. The topological polar surface area (TPSA) is 79.3 Å². The van der Waals surface area contributed by atoms with Crippen LogP contribution < -0.4 is 5.32 Å². The van der Waals surface area contributed by atoms with Crippen LogP contribution in [0, 0.1) is 0 Å². The summed E-state index contributed by atoms with van der Waals surface area (Å²) in [6.07, 6.45) is 2.59. The van der Waals surface area contributed by atoms with Gasteiger partial charge >= 0.3 is 0 Å². The van der Waals surface area contributed by atoms with Crippen molar-refractivity contribution in [2.45, 2.75) is 18.7 Å². The van der Waals surface area contributed by atoms with Gasteiger partial charge in [0, 0.05) is 25.0 Å². The summed E-state index contributed by atoms with van der Waals surface area (Å²) in [7, 11) is -3.08. The minimum atomic E-state index is -3.08. The van der Waals surface area contributed by atoms with Crippen molar-refractivity contribution in [2.75, 3.05) is 11.5 Å². The molecular formula is C10H14N2O3S. The summed E-state index contributed by atoms with van der Waals surface area (Å²) < 4.78 is 22.5. The summed E-state index contributed by atoms with van der Waals surface area (Å²) in [6.45, 7) is 0.519. The van der Waals surface area contributed by atoms with Crippen molar-refractivity contribution in [1.29, 1.82) is 0 Å². The molecule has 0 amide bonds. The van der Waals surface area contributed by atoms with E-state index < -0.39 is 15.9 Å². The fraction of sp³-hybridized carbons (Fsp3) is 0.500. The van der Waals surface area contributed by atoms with Crippen LogP contribution in [0.2, 0.25) is 0 Å². The molecule has 1 aromatic rings. The highest BCUT2D eigenvalue weighted by molar-refractivity contribution is 7.91. The molecule has 2 atom stereocenters. The van der Waals surface area contributed by atoms with Gasteiger partial charge in [-0.2, -0.15) is 0 Å². The lowest BCUT2D eigenvalue weighted by atomic mass is 10.2. The van der Waals surface area contributed by atoms with Gasteiger partial charge < -0.3 is 10.4 Å². The first-order valence-corrected chi connectivity index (χ1v) is 6.90. The molecule has 2 N–H and O–H groups in total. The van der Waals surface area contributed by atoms with Gasteiger partial charge in [-0.15, -0.1) is 0 Å². The standard InChI is InChI=1S/C10H14N2O3S/c13-10-7-16(14,15)6-9(10)12-5-8-2-1-3-11-4-8/h1-4,9-10,12-13H,5-7H2/t9-,10-/m0/s1. The Morgan fingerprint density at radius 3 is 2.88 bits per heavy atom. The molecule has 0 saturated carbocycles. The number of hydrogen-bond donors (Lipinski definition) is 2. The van der Waals surface area contributed by atoms with Crippen molar-refractivity contribution in [2.24, 2.45) is 0 Å². The fourth-order valence-corrected chi connectivity index (χ4v) is 3.55. The van der Waals surface area contributed by atoms with Crippen LogP contribution >= 0.6 is 0 Å². The molecule has 0 unspecified atom stereocenters. The van der Waals surface area contributed by atoms with Crippen LogP contribution in [0.15, 0.2) is 24.5 Å². The number of pyridine rings is 1. The summed E-state index contributed by atoms with van der Waals surface area (Å²) in [5.74, 6) is -0.133. The van der Waals surface area contributed by atoms with E-state index in [9.17, 15) is 13.5 Å². The summed E-state index contributed by atoms with van der Waals surface area (Å²) in [5.41, 5.74) is 0.971. The molecule has 1 fully saturated rings. The van der Waals surface area contributed by atoms with Crippen LogP contribution in [-0.4, -0.2) is 42.2 Å². The Kier molecular flexibility index (Phi) is 3.22. The number of aliphatic hydroxyl groups is 1. The van der Waals surface area contributed by atoms with E-state index in [0.29, 0.717) is 6.54 Å². The Bertz CT molecular complexity index is 446. The molecule has 2 rings (SSSR count). The van der Waals surface area contributed by atoms with Gasteiger partial charge in [0.25, 0.3) is 0 Å². The summed E-state index contributed by atoms with van der Waals surface area (Å²) in [4.78, 5) is 3.96. The number of nitrogens with one attached hydrogen (secondary N) is 1. The van der Waals surface area contributed by atoms with Crippen molar-refractivity contribution in [3.05, 3.63) is 30.1 Å². The minimum absolute atomic E-state index is 0.00836. The normalized spacial score (nSPS) is 28.1. The maximum absolute atomic E-state index is 11.3. The lowest BCUT2D eigenvalue weighted by molar-refractivity contribution is 0.165. The van der Waals surface area contributed by atoms with Gasteiger partial charge in [-0.05, 0) is 11.6 Å². The van der Waals surface area contributed by atoms with Gasteiger partial charge in [-0.3, -0.25) is 4.98 Å². The van der Waals surface area contributed by atoms with E-state index in [0.717, 1.165) is 5.56 Å². The fourth-order valence-electron chi connectivity index (χ4n) is 1.78. The van der Waals surface area contributed by atoms with E-state index in [2.05, 4.69) is 10.3 Å². The second-order valence-electron chi connectivity index (χ2n) is 3.99. The van der Waals surface area contributed by atoms with Crippen molar-refractivity contribution in [3.8, 4) is 0 Å². The smallest absolute Gasteiger partial charge is 0.154 e. The van der Waals surface area contributed by atoms with E-state index in [1.54, 1.807) is 12.4 Å². The molecule has 5 nitrogen and oxygen atoms in total. The average Bonchev–Trinajstić information content (AvgIpc) is 2.50. The number of sulfone groups is 1. The number of aliphatic hydroxyl groups excluding tert-OH is 1. The zero-order valence-electron chi connectivity index (χ0n) is 8.70. The van der Waals surface area contributed by atoms with Gasteiger partial charge in [0.1, 0.15) is 0 Å². The molecule has 0 bridgehead atoms. The minimum Gasteiger partial charge on any atom is -0.390 e. The third-order valence-corrected chi connectivity index (χ3v) is 4.33. The Morgan fingerprint density at radius 1 is 1.50 bits per heavy atom. The highest BCUT2D eigenvalue weighted by atomic mass is 32.2. The molecule has 0 aliphatic carbocycles. The van der Waals surface area contributed by atoms with Crippen molar-refractivity contribution in [1.82, 2.24) is 10.3 Å². The number of hydrogen-bond acceptors (Lipinski definition) is 5. The molecule has 1 aliphatic heterocycles. The highest BCUT2D eigenvalue weighted by Gasteiger charge is 2.35. The number of rotatable bonds is 3. The van der Waals surface area contributed by atoms with Crippen LogP contribution in [0.4, 0.5) is 0 Å². The second-order valence-corrected chi connectivity index (χ2v) is 6.15. The van der Waals surface area contributed by atoms with Gasteiger partial charge in [-0.1, -0.05) is 6.07 Å². The summed E-state index contributed by atoms with van der Waals surface area (Å²) >= 11 is 0. The Hall–Kier alpha value is -0.980. The SMILES string of the molecule is O=S1(=O)C[C@H](NCc2cccnc2)[C@@H](O)C1. The van der Waals surface area contributed by atoms with Crippen molar-refractivity contribution < 1.29 is 13.5 Å². The molecular weight excluding hydrogens is 228 g/mol. The van der Waals surface area contributed by atoms with E-state index in [1.807, 2.05) is 12.1 Å². The molecule has 0 spiro atoms. The quantitative estimate of drug-likeness (QED) is 0.735. The first-order chi connectivity index (χ1) is 7.57. The molecule has 16 heavy (non-hydrogen) atoms. The monoisotopic (exact) mass is 242 g/mol. The maximum Gasteiger partial charge on any atom is 0.154 e. The third kappa shape index (κ3) is 2.78. The lowest BCUT2D eigenvalue weighted by Crippen LogP contribution is -2.38. The van der Waals surface area contributed by atoms with Crippen LogP contribution in [0.5, 0.6) is 0 Å². The van der Waals surface area contributed by atoms with Crippen LogP contribution in [-0.2, 0) is 16.4 Å².